The molecule has 0 aliphatic carbocycles. The minimum Gasteiger partial charge on any atom is -0.388 e. The van der Waals surface area contributed by atoms with Crippen LogP contribution in [0.25, 0.3) is 0 Å². The molecule has 1 heterocycles. The van der Waals surface area contributed by atoms with Crippen LogP contribution in [0.4, 0.5) is 4.39 Å². The molecular formula is C13H16BrFOS. The number of aliphatic hydroxyl groups is 1. The van der Waals surface area contributed by atoms with Gasteiger partial charge in [0.05, 0.1) is 10.1 Å². The number of thioether (sulfide) groups is 1. The lowest BCUT2D eigenvalue weighted by Crippen LogP contribution is -2.43. The predicted octanol–water partition coefficient (Wildman–Crippen LogP) is 3.78. The first-order valence-electron chi connectivity index (χ1n) is 5.79. The van der Waals surface area contributed by atoms with Crippen molar-refractivity contribution >= 4 is 27.7 Å². The van der Waals surface area contributed by atoms with E-state index in [1.807, 2.05) is 11.8 Å². The predicted molar refractivity (Wildman–Crippen MR) is 73.9 cm³/mol. The molecule has 1 aliphatic rings. The first kappa shape index (κ1) is 13.4. The van der Waals surface area contributed by atoms with E-state index in [0.717, 1.165) is 24.2 Å². The largest absolute Gasteiger partial charge is 0.388 e. The molecule has 0 aromatic heterocycles. The Kier molecular flexibility index (Phi) is 4.16. The minimum atomic E-state index is -0.653. The van der Waals surface area contributed by atoms with Crippen molar-refractivity contribution in [3.05, 3.63) is 34.1 Å². The van der Waals surface area contributed by atoms with E-state index >= 15 is 0 Å². The van der Waals surface area contributed by atoms with Crippen LogP contribution in [0.5, 0.6) is 0 Å². The third-order valence-electron chi connectivity index (χ3n) is 3.37. The molecule has 1 aromatic carbocycles. The maximum absolute atomic E-state index is 13.1. The lowest BCUT2D eigenvalue weighted by molar-refractivity contribution is 0.0297. The van der Waals surface area contributed by atoms with Crippen molar-refractivity contribution in [3.8, 4) is 0 Å². The Bertz CT molecular complexity index is 412. The van der Waals surface area contributed by atoms with Crippen molar-refractivity contribution in [1.29, 1.82) is 0 Å². The summed E-state index contributed by atoms with van der Waals surface area (Å²) >= 11 is 5.00. The molecule has 2 unspecified atom stereocenters. The van der Waals surface area contributed by atoms with Crippen LogP contribution in [-0.2, 0) is 6.42 Å². The molecule has 1 saturated heterocycles. The zero-order valence-electron chi connectivity index (χ0n) is 9.75. The van der Waals surface area contributed by atoms with E-state index in [1.54, 1.807) is 12.1 Å². The Morgan fingerprint density at radius 3 is 3.00 bits per heavy atom. The fourth-order valence-corrected chi connectivity index (χ4v) is 3.83. The maximum atomic E-state index is 13.1. The molecule has 4 heteroatoms. The first-order valence-corrected chi connectivity index (χ1v) is 7.63. The third-order valence-corrected chi connectivity index (χ3v) is 5.44. The molecule has 0 saturated carbocycles. The standard InChI is InChI=1S/C13H16BrFOS/c1-9-13(16,5-2-6-17-9)8-10-3-4-12(15)11(14)7-10/h3-4,7,9,16H,2,5-6,8H2,1H3. The molecule has 17 heavy (non-hydrogen) atoms. The monoisotopic (exact) mass is 318 g/mol. The van der Waals surface area contributed by atoms with Crippen LogP contribution in [0.2, 0.25) is 0 Å². The van der Waals surface area contributed by atoms with E-state index in [0.29, 0.717) is 10.9 Å². The maximum Gasteiger partial charge on any atom is 0.137 e. The molecule has 1 N–H and O–H groups in total. The van der Waals surface area contributed by atoms with Gasteiger partial charge in [0.15, 0.2) is 0 Å². The van der Waals surface area contributed by atoms with E-state index in [4.69, 9.17) is 0 Å². The molecule has 1 aliphatic heterocycles. The highest BCUT2D eigenvalue weighted by atomic mass is 79.9. The van der Waals surface area contributed by atoms with Crippen LogP contribution in [0.1, 0.15) is 25.3 Å². The molecule has 94 valence electrons. The molecule has 0 amide bonds. The van der Waals surface area contributed by atoms with Crippen molar-refractivity contribution in [2.75, 3.05) is 5.75 Å². The van der Waals surface area contributed by atoms with Gasteiger partial charge < -0.3 is 5.11 Å². The quantitative estimate of drug-likeness (QED) is 0.895. The zero-order valence-corrected chi connectivity index (χ0v) is 12.2. The Morgan fingerprint density at radius 1 is 1.59 bits per heavy atom. The first-order chi connectivity index (χ1) is 8.01. The number of hydrogen-bond acceptors (Lipinski definition) is 2. The summed E-state index contributed by atoms with van der Waals surface area (Å²) < 4.78 is 13.6. The average Bonchev–Trinajstić information content (AvgIpc) is 2.28. The van der Waals surface area contributed by atoms with Gasteiger partial charge >= 0.3 is 0 Å². The SMILES string of the molecule is CC1SCCCC1(O)Cc1ccc(F)c(Br)c1. The van der Waals surface area contributed by atoms with E-state index < -0.39 is 5.60 Å². The number of hydrogen-bond donors (Lipinski definition) is 1. The van der Waals surface area contributed by atoms with Gasteiger partial charge in [-0.05, 0) is 52.2 Å². The highest BCUT2D eigenvalue weighted by Crippen LogP contribution is 2.36. The topological polar surface area (TPSA) is 20.2 Å². The van der Waals surface area contributed by atoms with Gasteiger partial charge in [0.2, 0.25) is 0 Å². The average molecular weight is 319 g/mol. The molecular weight excluding hydrogens is 303 g/mol. The Hall–Kier alpha value is -0.0600. The van der Waals surface area contributed by atoms with Gasteiger partial charge in [-0.25, -0.2) is 4.39 Å². The second kappa shape index (κ2) is 5.29. The van der Waals surface area contributed by atoms with Gasteiger partial charge in [0.25, 0.3) is 0 Å². The van der Waals surface area contributed by atoms with Gasteiger partial charge in [-0.3, -0.25) is 0 Å². The van der Waals surface area contributed by atoms with E-state index in [2.05, 4.69) is 22.9 Å². The van der Waals surface area contributed by atoms with E-state index in [1.165, 1.54) is 6.07 Å². The van der Waals surface area contributed by atoms with Gasteiger partial charge in [0, 0.05) is 11.7 Å². The second-order valence-corrected chi connectivity index (χ2v) is 6.95. The summed E-state index contributed by atoms with van der Waals surface area (Å²) in [6, 6.07) is 4.97. The molecule has 0 bridgehead atoms. The molecule has 1 fully saturated rings. The summed E-state index contributed by atoms with van der Waals surface area (Å²) in [6.07, 6.45) is 2.48. The Labute approximate surface area is 114 Å². The highest BCUT2D eigenvalue weighted by molar-refractivity contribution is 9.10. The normalized spacial score (nSPS) is 29.3. The third kappa shape index (κ3) is 3.04. The lowest BCUT2D eigenvalue weighted by atomic mass is 9.87. The molecule has 0 radical (unpaired) electrons. The summed E-state index contributed by atoms with van der Waals surface area (Å²) in [7, 11) is 0. The zero-order chi connectivity index (χ0) is 12.5. The smallest absolute Gasteiger partial charge is 0.137 e. The van der Waals surface area contributed by atoms with Crippen molar-refractivity contribution in [1.82, 2.24) is 0 Å². The molecule has 1 nitrogen and oxygen atoms in total. The number of halogens is 2. The van der Waals surface area contributed by atoms with Crippen LogP contribution >= 0.6 is 27.7 Å². The summed E-state index contributed by atoms with van der Waals surface area (Å²) in [4.78, 5) is 0. The second-order valence-electron chi connectivity index (χ2n) is 4.65. The van der Waals surface area contributed by atoms with Gasteiger partial charge in [0.1, 0.15) is 5.82 Å². The van der Waals surface area contributed by atoms with Crippen molar-refractivity contribution < 1.29 is 9.50 Å². The fraction of sp³-hybridized carbons (Fsp3) is 0.538. The fourth-order valence-electron chi connectivity index (χ4n) is 2.23. The summed E-state index contributed by atoms with van der Waals surface area (Å²) in [5, 5.41) is 10.9. The highest BCUT2D eigenvalue weighted by Gasteiger charge is 2.36. The molecule has 0 spiro atoms. The molecule has 2 atom stereocenters. The van der Waals surface area contributed by atoms with Crippen LogP contribution in [0.3, 0.4) is 0 Å². The van der Waals surface area contributed by atoms with Crippen molar-refractivity contribution in [2.24, 2.45) is 0 Å². The molecule has 2 rings (SSSR count). The summed E-state index contributed by atoms with van der Waals surface area (Å²) in [6.45, 7) is 2.07. The Balaban J connectivity index is 2.16. The van der Waals surface area contributed by atoms with E-state index in [-0.39, 0.29) is 11.1 Å². The summed E-state index contributed by atoms with van der Waals surface area (Å²) in [5.41, 5.74) is 0.329. The van der Waals surface area contributed by atoms with Crippen LogP contribution in [0, 0.1) is 5.82 Å². The van der Waals surface area contributed by atoms with Crippen molar-refractivity contribution in [3.63, 3.8) is 0 Å². The lowest BCUT2D eigenvalue weighted by Gasteiger charge is -2.37. The van der Waals surface area contributed by atoms with Crippen LogP contribution in [0.15, 0.2) is 22.7 Å². The summed E-state index contributed by atoms with van der Waals surface area (Å²) in [5.74, 6) is 0.864. The van der Waals surface area contributed by atoms with Crippen LogP contribution in [-0.4, -0.2) is 21.7 Å². The van der Waals surface area contributed by atoms with E-state index in [9.17, 15) is 9.50 Å². The number of rotatable bonds is 2. The van der Waals surface area contributed by atoms with Gasteiger partial charge in [-0.15, -0.1) is 0 Å². The van der Waals surface area contributed by atoms with Crippen molar-refractivity contribution in [2.45, 2.75) is 37.0 Å². The van der Waals surface area contributed by atoms with Crippen LogP contribution < -0.4 is 0 Å². The molecule has 1 aromatic rings. The number of benzene rings is 1. The van der Waals surface area contributed by atoms with Gasteiger partial charge in [-0.1, -0.05) is 13.0 Å². The Morgan fingerprint density at radius 2 is 2.35 bits per heavy atom. The minimum absolute atomic E-state index is 0.236. The van der Waals surface area contributed by atoms with Gasteiger partial charge in [-0.2, -0.15) is 11.8 Å².